The fraction of sp³-hybridized carbons (Fsp3) is 0.500. The van der Waals surface area contributed by atoms with E-state index >= 15 is 0 Å². The zero-order valence-corrected chi connectivity index (χ0v) is 14.9. The lowest BCUT2D eigenvalue weighted by Crippen LogP contribution is -2.44. The van der Waals surface area contributed by atoms with Crippen LogP contribution in [0.1, 0.15) is 49.6 Å². The third-order valence-corrected chi connectivity index (χ3v) is 4.65. The maximum atomic E-state index is 12.2. The minimum absolute atomic E-state index is 0.141. The van der Waals surface area contributed by atoms with Gasteiger partial charge in [0.1, 0.15) is 6.04 Å². The molecule has 3 rings (SSSR count). The van der Waals surface area contributed by atoms with Crippen LogP contribution in [-0.4, -0.2) is 40.2 Å². The zero-order chi connectivity index (χ0) is 17.8. The van der Waals surface area contributed by atoms with Crippen molar-refractivity contribution in [2.75, 3.05) is 13.1 Å². The molecule has 1 aliphatic heterocycles. The molecule has 2 heterocycles. The Morgan fingerprint density at radius 1 is 1.32 bits per heavy atom. The Labute approximate surface area is 147 Å². The second-order valence-electron chi connectivity index (χ2n) is 6.59. The van der Waals surface area contributed by atoms with E-state index in [1.165, 1.54) is 5.56 Å². The summed E-state index contributed by atoms with van der Waals surface area (Å²) in [4.78, 5) is 18.7. The van der Waals surface area contributed by atoms with E-state index in [0.29, 0.717) is 17.8 Å². The number of carbonyl (C=O) groups is 1. The van der Waals surface area contributed by atoms with E-state index in [9.17, 15) is 4.79 Å². The number of hydrogen-bond acceptors (Lipinski definition) is 5. The molecule has 0 unspecified atom stereocenters. The van der Waals surface area contributed by atoms with E-state index in [1.807, 2.05) is 13.0 Å². The van der Waals surface area contributed by atoms with Crippen molar-refractivity contribution in [2.24, 2.45) is 0 Å². The largest absolute Gasteiger partial charge is 0.337 e. The topological polar surface area (TPSA) is 83.3 Å². The molecule has 0 bridgehead atoms. The number of benzene rings is 1. The van der Waals surface area contributed by atoms with Gasteiger partial charge in [-0.3, -0.25) is 4.90 Å². The molecule has 25 heavy (non-hydrogen) atoms. The van der Waals surface area contributed by atoms with Crippen LogP contribution in [0.5, 0.6) is 0 Å². The fourth-order valence-electron chi connectivity index (χ4n) is 3.17. The molecule has 7 heteroatoms. The number of amides is 2. The molecule has 2 N–H and O–H groups in total. The summed E-state index contributed by atoms with van der Waals surface area (Å²) in [5.41, 5.74) is 1.30. The lowest BCUT2D eigenvalue weighted by atomic mass is 10.1. The van der Waals surface area contributed by atoms with Gasteiger partial charge < -0.3 is 15.2 Å². The quantitative estimate of drug-likeness (QED) is 0.872. The van der Waals surface area contributed by atoms with E-state index in [-0.39, 0.29) is 18.1 Å². The highest BCUT2D eigenvalue weighted by Crippen LogP contribution is 2.24. The van der Waals surface area contributed by atoms with Crippen LogP contribution in [0.2, 0.25) is 0 Å². The van der Waals surface area contributed by atoms with Gasteiger partial charge in [0, 0.05) is 25.2 Å². The maximum Gasteiger partial charge on any atom is 0.315 e. The molecule has 1 aromatic carbocycles. The van der Waals surface area contributed by atoms with Crippen LogP contribution in [0.25, 0.3) is 0 Å². The highest BCUT2D eigenvalue weighted by molar-refractivity contribution is 5.74. The summed E-state index contributed by atoms with van der Waals surface area (Å²) < 4.78 is 5.08. The molecular weight excluding hydrogens is 318 g/mol. The number of rotatable bonds is 5. The smallest absolute Gasteiger partial charge is 0.315 e. The molecular formula is C18H25N5O2. The van der Waals surface area contributed by atoms with Gasteiger partial charge in [-0.15, -0.1) is 0 Å². The Kier molecular flexibility index (Phi) is 5.33. The Morgan fingerprint density at radius 3 is 2.76 bits per heavy atom. The number of nitrogens with zero attached hydrogens (tertiary/aromatic N) is 3. The van der Waals surface area contributed by atoms with Gasteiger partial charge in [0.2, 0.25) is 5.89 Å². The molecule has 134 valence electrons. The normalized spacial score (nSPS) is 20.2. The van der Waals surface area contributed by atoms with Gasteiger partial charge in [0.15, 0.2) is 5.82 Å². The van der Waals surface area contributed by atoms with E-state index in [0.717, 1.165) is 19.5 Å². The molecule has 2 amide bonds. The van der Waals surface area contributed by atoms with E-state index < -0.39 is 0 Å². The highest BCUT2D eigenvalue weighted by atomic mass is 16.5. The third-order valence-electron chi connectivity index (χ3n) is 4.65. The average molecular weight is 343 g/mol. The molecule has 1 saturated heterocycles. The van der Waals surface area contributed by atoms with Crippen LogP contribution >= 0.6 is 0 Å². The fourth-order valence-corrected chi connectivity index (χ4v) is 3.17. The van der Waals surface area contributed by atoms with Gasteiger partial charge >= 0.3 is 6.03 Å². The van der Waals surface area contributed by atoms with E-state index in [2.05, 4.69) is 56.9 Å². The Bertz CT molecular complexity index is 703. The number of carbonyl (C=O) groups excluding carboxylic acids is 1. The number of likely N-dealkylation sites (tertiary alicyclic amines) is 1. The molecule has 0 aliphatic carbocycles. The lowest BCUT2D eigenvalue weighted by Gasteiger charge is -2.25. The summed E-state index contributed by atoms with van der Waals surface area (Å²) in [7, 11) is 0. The monoisotopic (exact) mass is 343 g/mol. The van der Waals surface area contributed by atoms with Gasteiger partial charge in [-0.2, -0.15) is 4.98 Å². The summed E-state index contributed by atoms with van der Waals surface area (Å²) in [5.74, 6) is 0.976. The molecule has 1 fully saturated rings. The van der Waals surface area contributed by atoms with E-state index in [4.69, 9.17) is 4.52 Å². The predicted molar refractivity (Wildman–Crippen MR) is 94.0 cm³/mol. The molecule has 3 atom stereocenters. The van der Waals surface area contributed by atoms with Gasteiger partial charge in [-0.1, -0.05) is 35.5 Å². The molecule has 1 aromatic heterocycles. The second-order valence-corrected chi connectivity index (χ2v) is 6.59. The average Bonchev–Trinajstić information content (AvgIpc) is 3.24. The van der Waals surface area contributed by atoms with Crippen LogP contribution < -0.4 is 10.6 Å². The minimum Gasteiger partial charge on any atom is -0.337 e. The first-order chi connectivity index (χ1) is 12.0. The van der Waals surface area contributed by atoms with Crippen molar-refractivity contribution < 1.29 is 9.32 Å². The number of urea groups is 1. The SMILES string of the molecule is Cc1noc([C@H](C)NC(=O)N[C@@H]2CCN([C@@H](C)c3ccccc3)C2)n1. The van der Waals surface area contributed by atoms with Gasteiger partial charge in [-0.25, -0.2) is 4.79 Å². The van der Waals surface area contributed by atoms with Crippen LogP contribution in [0.15, 0.2) is 34.9 Å². The molecule has 0 radical (unpaired) electrons. The second kappa shape index (κ2) is 7.65. The minimum atomic E-state index is -0.318. The Balaban J connectivity index is 1.48. The first-order valence-corrected chi connectivity index (χ1v) is 8.69. The zero-order valence-electron chi connectivity index (χ0n) is 14.9. The highest BCUT2D eigenvalue weighted by Gasteiger charge is 2.28. The van der Waals surface area contributed by atoms with Crippen molar-refractivity contribution in [2.45, 2.75) is 45.3 Å². The molecule has 0 spiro atoms. The predicted octanol–water partition coefficient (Wildman–Crippen LogP) is 2.57. The molecule has 7 nitrogen and oxygen atoms in total. The maximum absolute atomic E-state index is 12.2. The Hall–Kier alpha value is -2.41. The molecule has 0 saturated carbocycles. The van der Waals surface area contributed by atoms with E-state index in [1.54, 1.807) is 6.92 Å². The van der Waals surface area contributed by atoms with Crippen molar-refractivity contribution in [1.82, 2.24) is 25.7 Å². The summed E-state index contributed by atoms with van der Waals surface area (Å²) in [6.07, 6.45) is 0.943. The number of aryl methyl sites for hydroxylation is 1. The van der Waals surface area contributed by atoms with Crippen molar-refractivity contribution >= 4 is 6.03 Å². The molecule has 1 aliphatic rings. The summed E-state index contributed by atoms with van der Waals surface area (Å²) >= 11 is 0. The number of hydrogen-bond donors (Lipinski definition) is 2. The third kappa shape index (κ3) is 4.36. The first kappa shape index (κ1) is 17.4. The standard InChI is InChI=1S/C18H25N5O2/c1-12(17-20-14(3)22-25-17)19-18(24)21-16-9-10-23(11-16)13(2)15-7-5-4-6-8-15/h4-8,12-13,16H,9-11H2,1-3H3,(H2,19,21,24)/t12-,13-,16+/m0/s1. The number of aromatic nitrogens is 2. The summed E-state index contributed by atoms with van der Waals surface area (Å²) in [5, 5.41) is 9.63. The summed E-state index contributed by atoms with van der Waals surface area (Å²) in [6.45, 7) is 7.60. The Morgan fingerprint density at radius 2 is 2.08 bits per heavy atom. The van der Waals surface area contributed by atoms with Crippen LogP contribution in [-0.2, 0) is 0 Å². The molecule has 2 aromatic rings. The van der Waals surface area contributed by atoms with Gasteiger partial charge in [-0.05, 0) is 32.8 Å². The van der Waals surface area contributed by atoms with Crippen LogP contribution in [0.4, 0.5) is 4.79 Å². The van der Waals surface area contributed by atoms with Gasteiger partial charge in [0.05, 0.1) is 0 Å². The lowest BCUT2D eigenvalue weighted by molar-refractivity contribution is 0.226. The van der Waals surface area contributed by atoms with Crippen molar-refractivity contribution in [3.8, 4) is 0 Å². The first-order valence-electron chi connectivity index (χ1n) is 8.69. The van der Waals surface area contributed by atoms with Crippen molar-refractivity contribution in [1.29, 1.82) is 0 Å². The van der Waals surface area contributed by atoms with Gasteiger partial charge in [0.25, 0.3) is 0 Å². The van der Waals surface area contributed by atoms with Crippen LogP contribution in [0.3, 0.4) is 0 Å². The summed E-state index contributed by atoms with van der Waals surface area (Å²) in [6, 6.07) is 10.4. The number of nitrogens with one attached hydrogen (secondary N) is 2. The van der Waals surface area contributed by atoms with Crippen molar-refractivity contribution in [3.05, 3.63) is 47.6 Å². The van der Waals surface area contributed by atoms with Crippen molar-refractivity contribution in [3.63, 3.8) is 0 Å². The van der Waals surface area contributed by atoms with Crippen LogP contribution in [0, 0.1) is 6.92 Å².